The quantitative estimate of drug-likeness (QED) is 0.570. The number of carbonyl (C=O) groups is 2. The Morgan fingerprint density at radius 2 is 1.86 bits per heavy atom. The molecule has 1 aliphatic heterocycles. The van der Waals surface area contributed by atoms with Gasteiger partial charge in [0.05, 0.1) is 11.4 Å². The van der Waals surface area contributed by atoms with Gasteiger partial charge in [-0.3, -0.25) is 9.59 Å². The van der Waals surface area contributed by atoms with Crippen molar-refractivity contribution in [2.45, 2.75) is 26.2 Å². The lowest BCUT2D eigenvalue weighted by Gasteiger charge is -2.15. The first kappa shape index (κ1) is 20.8. The van der Waals surface area contributed by atoms with Crippen molar-refractivity contribution in [2.24, 2.45) is 11.0 Å². The fraction of sp³-hybridized carbons (Fsp3) is 0.250. The van der Waals surface area contributed by atoms with E-state index >= 15 is 0 Å². The molecule has 0 radical (unpaired) electrons. The average molecular weight is 400 g/mol. The number of anilines is 1. The number of amides is 1. The van der Waals surface area contributed by atoms with Crippen molar-refractivity contribution in [3.05, 3.63) is 59.7 Å². The Hall–Kier alpha value is -2.91. The molecule has 0 aromatic heterocycles. The molecule has 1 atom stereocenters. The monoisotopic (exact) mass is 400 g/mol. The highest BCUT2D eigenvalue weighted by molar-refractivity contribution is 6.58. The van der Waals surface area contributed by atoms with E-state index in [0.29, 0.717) is 17.0 Å². The molecule has 1 heterocycles. The Kier molecular flexibility index (Phi) is 5.63. The molecule has 2 N–H and O–H groups in total. The predicted octanol–water partition coefficient (Wildman–Crippen LogP) is 1.63. The van der Waals surface area contributed by atoms with Crippen molar-refractivity contribution >= 4 is 35.7 Å². The molecule has 2 aromatic rings. The lowest BCUT2D eigenvalue weighted by molar-refractivity contribution is -0.128. The molecule has 3 rings (SSSR count). The molecule has 150 valence electrons. The summed E-state index contributed by atoms with van der Waals surface area (Å²) in [6, 6.07) is 11.4. The second-order valence-electron chi connectivity index (χ2n) is 7.02. The number of halogens is 2. The van der Waals surface area contributed by atoms with E-state index in [4.69, 9.17) is 10.0 Å². The number of hydrogen-bond donors (Lipinski definition) is 2. The highest BCUT2D eigenvalue weighted by atomic mass is 19.3. The van der Waals surface area contributed by atoms with E-state index in [1.807, 2.05) is 0 Å². The maximum absolute atomic E-state index is 13.5. The Morgan fingerprint density at radius 3 is 2.45 bits per heavy atom. The summed E-state index contributed by atoms with van der Waals surface area (Å²) in [5.41, 5.74) is 1.14. The van der Waals surface area contributed by atoms with Crippen LogP contribution in [-0.2, 0) is 21.9 Å². The van der Waals surface area contributed by atoms with Crippen molar-refractivity contribution in [1.29, 1.82) is 0 Å². The molecular weight excluding hydrogens is 381 g/mol. The second kappa shape index (κ2) is 7.84. The smallest absolute Gasteiger partial charge is 0.423 e. The Labute approximate surface area is 166 Å². The van der Waals surface area contributed by atoms with E-state index in [0.717, 1.165) is 11.9 Å². The van der Waals surface area contributed by atoms with Gasteiger partial charge in [0.2, 0.25) is 0 Å². The van der Waals surface area contributed by atoms with Crippen LogP contribution < -0.4 is 10.5 Å². The van der Waals surface area contributed by atoms with Gasteiger partial charge >= 0.3 is 7.12 Å². The van der Waals surface area contributed by atoms with Crippen molar-refractivity contribution in [2.75, 3.05) is 5.01 Å². The first-order valence-corrected chi connectivity index (χ1v) is 8.93. The van der Waals surface area contributed by atoms with E-state index < -0.39 is 30.6 Å². The van der Waals surface area contributed by atoms with Crippen LogP contribution in [0.5, 0.6) is 0 Å². The van der Waals surface area contributed by atoms with Crippen molar-refractivity contribution in [1.82, 2.24) is 0 Å². The third-order valence-electron chi connectivity index (χ3n) is 4.70. The van der Waals surface area contributed by atoms with Crippen LogP contribution >= 0.6 is 0 Å². The highest BCUT2D eigenvalue weighted by Gasteiger charge is 2.39. The predicted molar refractivity (Wildman–Crippen MR) is 105 cm³/mol. The molecule has 0 saturated carbocycles. The summed E-state index contributed by atoms with van der Waals surface area (Å²) in [5, 5.41) is 23.5. The van der Waals surface area contributed by atoms with Crippen LogP contribution in [0.15, 0.2) is 53.6 Å². The zero-order valence-electron chi connectivity index (χ0n) is 15.8. The fourth-order valence-corrected chi connectivity index (χ4v) is 3.17. The Bertz CT molecular complexity index is 971. The number of hydrazone groups is 1. The van der Waals surface area contributed by atoms with Crippen LogP contribution in [0.3, 0.4) is 0 Å². The van der Waals surface area contributed by atoms with Crippen molar-refractivity contribution in [3.63, 3.8) is 0 Å². The number of carbonyl (C=O) groups excluding carboxylic acids is 2. The lowest BCUT2D eigenvalue weighted by Crippen LogP contribution is -2.34. The molecule has 1 aliphatic rings. The number of benzene rings is 2. The first-order valence-electron chi connectivity index (χ1n) is 8.93. The average Bonchev–Trinajstić information content (AvgIpc) is 2.95. The van der Waals surface area contributed by atoms with Gasteiger partial charge in [-0.2, -0.15) is 10.1 Å². The van der Waals surface area contributed by atoms with E-state index in [1.165, 1.54) is 42.5 Å². The molecule has 29 heavy (non-hydrogen) atoms. The standard InChI is InChI=1S/C20H19BF2N2O4/c1-12-18(17(26)11-13-4-3-5-14(10-13)20(2,22)23)19(27)25(24-12)16-8-6-15(7-9-16)21(28)29/h3-10,18,28-29H,11H2,1-2H3. The number of alkyl halides is 2. The zero-order valence-corrected chi connectivity index (χ0v) is 15.8. The number of ketones is 1. The molecule has 1 amide bonds. The van der Waals surface area contributed by atoms with Crippen molar-refractivity contribution in [3.8, 4) is 0 Å². The van der Waals surface area contributed by atoms with Crippen LogP contribution in [0.4, 0.5) is 14.5 Å². The maximum Gasteiger partial charge on any atom is 0.488 e. The van der Waals surface area contributed by atoms with E-state index in [2.05, 4.69) is 5.10 Å². The largest absolute Gasteiger partial charge is 0.488 e. The number of Topliss-reactive ketones (excluding diaryl/α,β-unsaturated/α-hetero) is 1. The summed E-state index contributed by atoms with van der Waals surface area (Å²) in [6.45, 7) is 2.34. The molecule has 6 nitrogen and oxygen atoms in total. The van der Waals surface area contributed by atoms with Gasteiger partial charge in [-0.1, -0.05) is 30.3 Å². The summed E-state index contributed by atoms with van der Waals surface area (Å²) >= 11 is 0. The fourth-order valence-electron chi connectivity index (χ4n) is 3.17. The summed E-state index contributed by atoms with van der Waals surface area (Å²) in [5.74, 6) is -5.09. The minimum Gasteiger partial charge on any atom is -0.423 e. The van der Waals surface area contributed by atoms with Crippen LogP contribution in [0.25, 0.3) is 0 Å². The summed E-state index contributed by atoms with van der Waals surface area (Å²) < 4.78 is 27.0. The number of hydrogen-bond acceptors (Lipinski definition) is 5. The van der Waals surface area contributed by atoms with E-state index in [9.17, 15) is 18.4 Å². The van der Waals surface area contributed by atoms with Gasteiger partial charge in [0.25, 0.3) is 11.8 Å². The van der Waals surface area contributed by atoms with Gasteiger partial charge in [0.15, 0.2) is 5.78 Å². The first-order chi connectivity index (χ1) is 13.6. The molecule has 0 spiro atoms. The van der Waals surface area contributed by atoms with Gasteiger partial charge in [-0.05, 0) is 36.1 Å². The normalized spacial score (nSPS) is 16.8. The van der Waals surface area contributed by atoms with Gasteiger partial charge in [0.1, 0.15) is 5.92 Å². The minimum absolute atomic E-state index is 0.170. The van der Waals surface area contributed by atoms with E-state index in [1.54, 1.807) is 13.0 Å². The lowest BCUT2D eigenvalue weighted by atomic mass is 9.80. The molecule has 0 saturated heterocycles. The van der Waals surface area contributed by atoms with Gasteiger partial charge < -0.3 is 10.0 Å². The third-order valence-corrected chi connectivity index (χ3v) is 4.70. The third kappa shape index (κ3) is 4.41. The molecule has 0 bridgehead atoms. The molecule has 0 fully saturated rings. The van der Waals surface area contributed by atoms with E-state index in [-0.39, 0.29) is 17.4 Å². The van der Waals surface area contributed by atoms with Gasteiger partial charge in [-0.15, -0.1) is 0 Å². The van der Waals surface area contributed by atoms with Crippen LogP contribution in [0.1, 0.15) is 25.0 Å². The SMILES string of the molecule is CC1=NN(c2ccc(B(O)O)cc2)C(=O)C1C(=O)Cc1cccc(C(C)(F)F)c1. The van der Waals surface area contributed by atoms with Crippen LogP contribution in [0.2, 0.25) is 0 Å². The molecular formula is C20H19BF2N2O4. The van der Waals surface area contributed by atoms with Crippen LogP contribution in [0, 0.1) is 5.92 Å². The van der Waals surface area contributed by atoms with Gasteiger partial charge in [-0.25, -0.2) is 8.78 Å². The molecule has 9 heteroatoms. The molecule has 1 unspecified atom stereocenters. The van der Waals surface area contributed by atoms with Gasteiger partial charge in [0, 0.05) is 18.9 Å². The Balaban J connectivity index is 1.77. The topological polar surface area (TPSA) is 90.2 Å². The second-order valence-corrected chi connectivity index (χ2v) is 7.02. The molecule has 0 aliphatic carbocycles. The summed E-state index contributed by atoms with van der Waals surface area (Å²) in [6.07, 6.45) is -0.170. The zero-order chi connectivity index (χ0) is 21.3. The summed E-state index contributed by atoms with van der Waals surface area (Å²) in [4.78, 5) is 25.5. The van der Waals surface area contributed by atoms with Crippen molar-refractivity contribution < 1.29 is 28.4 Å². The number of rotatable bonds is 6. The molecule has 2 aromatic carbocycles. The maximum atomic E-state index is 13.5. The highest BCUT2D eigenvalue weighted by Crippen LogP contribution is 2.28. The van der Waals surface area contributed by atoms with Crippen LogP contribution in [-0.4, -0.2) is 34.6 Å². The summed E-state index contributed by atoms with van der Waals surface area (Å²) in [7, 11) is -1.64. The minimum atomic E-state index is -3.02. The number of nitrogens with zero attached hydrogens (tertiary/aromatic N) is 2. The Morgan fingerprint density at radius 1 is 1.21 bits per heavy atom.